The first-order valence-corrected chi connectivity index (χ1v) is 29.0. The molecular formula is C65H106O6. The summed E-state index contributed by atoms with van der Waals surface area (Å²) in [5, 5.41) is 0. The van der Waals surface area contributed by atoms with Crippen molar-refractivity contribution in [2.45, 2.75) is 258 Å². The standard InChI is InChI=1S/C65H106O6/c1-4-7-10-13-16-19-21-22-23-24-25-26-27-28-29-30-31-32-33-34-35-36-37-38-39-40-41-42-44-46-49-52-55-58-64(67)70-61-62(60-69-63(66)57-54-51-48-45-18-15-12-9-6-3)71-65(68)59-56-53-50-47-43-20-17-14-11-8-5-2/h7,10,16,19,22-23,25-26,28-29,31-32,34-35,37-38,40-41,44,46,62H,4-6,8-9,11-15,17-18,20-21,24,27,30,33,36,39,42-43,45,47-61H2,1-3H3/b10-7-,19-16-,23-22-,26-25-,29-28-,32-31-,35-34-,38-37-,41-40-,46-44-. The molecule has 0 aromatic heterocycles. The monoisotopic (exact) mass is 983 g/mol. The fourth-order valence-corrected chi connectivity index (χ4v) is 7.65. The molecule has 1 unspecified atom stereocenters. The van der Waals surface area contributed by atoms with E-state index in [9.17, 15) is 14.4 Å². The maximum Gasteiger partial charge on any atom is 0.306 e. The number of hydrogen-bond donors (Lipinski definition) is 0. The van der Waals surface area contributed by atoms with Crippen molar-refractivity contribution in [3.63, 3.8) is 0 Å². The van der Waals surface area contributed by atoms with Crippen molar-refractivity contribution in [3.8, 4) is 0 Å². The van der Waals surface area contributed by atoms with Crippen LogP contribution in [0.5, 0.6) is 0 Å². The lowest BCUT2D eigenvalue weighted by atomic mass is 10.1. The van der Waals surface area contributed by atoms with E-state index in [-0.39, 0.29) is 31.1 Å². The molecule has 0 spiro atoms. The molecule has 1 atom stereocenters. The Morgan fingerprint density at radius 2 is 0.549 bits per heavy atom. The van der Waals surface area contributed by atoms with E-state index in [1.54, 1.807) is 0 Å². The average molecular weight is 984 g/mol. The number of carbonyl (C=O) groups excluding carboxylic acids is 3. The Kier molecular flexibility index (Phi) is 54.9. The molecule has 0 aliphatic carbocycles. The van der Waals surface area contributed by atoms with E-state index < -0.39 is 6.10 Å². The van der Waals surface area contributed by atoms with Crippen molar-refractivity contribution in [1.29, 1.82) is 0 Å². The number of ether oxygens (including phenoxy) is 3. The lowest BCUT2D eigenvalue weighted by Gasteiger charge is -2.18. The maximum absolute atomic E-state index is 12.8. The summed E-state index contributed by atoms with van der Waals surface area (Å²) < 4.78 is 16.7. The summed E-state index contributed by atoms with van der Waals surface area (Å²) in [6.07, 6.45) is 80.7. The Balaban J connectivity index is 4.25. The predicted molar refractivity (Wildman–Crippen MR) is 306 cm³/mol. The first kappa shape index (κ1) is 66.8. The van der Waals surface area contributed by atoms with Gasteiger partial charge in [-0.15, -0.1) is 0 Å². The Hall–Kier alpha value is -4.19. The van der Waals surface area contributed by atoms with Crippen LogP contribution in [0.3, 0.4) is 0 Å². The van der Waals surface area contributed by atoms with Crippen molar-refractivity contribution >= 4 is 17.9 Å². The molecular weight excluding hydrogens is 877 g/mol. The lowest BCUT2D eigenvalue weighted by Crippen LogP contribution is -2.30. The molecule has 0 saturated carbocycles. The van der Waals surface area contributed by atoms with Crippen LogP contribution in [0.2, 0.25) is 0 Å². The van der Waals surface area contributed by atoms with Crippen LogP contribution in [0.25, 0.3) is 0 Å². The third-order valence-electron chi connectivity index (χ3n) is 12.0. The van der Waals surface area contributed by atoms with Crippen LogP contribution in [0, 0.1) is 0 Å². The minimum absolute atomic E-state index is 0.0905. The fraction of sp³-hybridized carbons (Fsp3) is 0.646. The topological polar surface area (TPSA) is 78.9 Å². The molecule has 0 radical (unpaired) electrons. The van der Waals surface area contributed by atoms with Gasteiger partial charge in [0.1, 0.15) is 13.2 Å². The van der Waals surface area contributed by atoms with Crippen LogP contribution in [0.1, 0.15) is 252 Å². The van der Waals surface area contributed by atoms with E-state index in [0.717, 1.165) is 122 Å². The molecule has 0 bridgehead atoms. The van der Waals surface area contributed by atoms with Crippen LogP contribution in [0.4, 0.5) is 0 Å². The molecule has 0 aromatic carbocycles. The number of allylic oxidation sites excluding steroid dienone is 20. The molecule has 6 heteroatoms. The fourth-order valence-electron chi connectivity index (χ4n) is 7.65. The van der Waals surface area contributed by atoms with Gasteiger partial charge in [0.15, 0.2) is 6.10 Å². The highest BCUT2D eigenvalue weighted by Crippen LogP contribution is 2.14. The van der Waals surface area contributed by atoms with Gasteiger partial charge in [-0.3, -0.25) is 14.4 Å². The Bertz CT molecular complexity index is 1500. The summed E-state index contributed by atoms with van der Waals surface area (Å²) in [6, 6.07) is 0. The van der Waals surface area contributed by atoms with Crippen LogP contribution in [0.15, 0.2) is 122 Å². The van der Waals surface area contributed by atoms with Gasteiger partial charge in [-0.1, -0.05) is 258 Å². The summed E-state index contributed by atoms with van der Waals surface area (Å²) >= 11 is 0. The Morgan fingerprint density at radius 3 is 0.859 bits per heavy atom. The molecule has 0 aliphatic heterocycles. The number of esters is 3. The van der Waals surface area contributed by atoms with Crippen LogP contribution < -0.4 is 0 Å². The van der Waals surface area contributed by atoms with E-state index in [1.165, 1.54) is 89.9 Å². The zero-order valence-corrected chi connectivity index (χ0v) is 45.9. The molecule has 0 aromatic rings. The summed E-state index contributed by atoms with van der Waals surface area (Å²) in [6.45, 7) is 6.45. The minimum atomic E-state index is -0.792. The second-order valence-electron chi connectivity index (χ2n) is 18.8. The first-order chi connectivity index (χ1) is 35.0. The highest BCUT2D eigenvalue weighted by molar-refractivity contribution is 5.71. The highest BCUT2D eigenvalue weighted by Gasteiger charge is 2.19. The van der Waals surface area contributed by atoms with Gasteiger partial charge < -0.3 is 14.2 Å². The van der Waals surface area contributed by atoms with E-state index in [0.29, 0.717) is 19.3 Å². The predicted octanol–water partition coefficient (Wildman–Crippen LogP) is 19.6. The SMILES string of the molecule is CC/C=C\C/C=C\C/C=C\C/C=C\C/C=C\C/C=C\C/C=C\C/C=C\C/C=C\C/C=C\CCCCC(=O)OCC(COC(=O)CCCCCCCCCCC)OC(=O)CCCCCCCCCCCCC. The lowest BCUT2D eigenvalue weighted by molar-refractivity contribution is -0.167. The zero-order valence-electron chi connectivity index (χ0n) is 45.9. The molecule has 71 heavy (non-hydrogen) atoms. The molecule has 6 nitrogen and oxygen atoms in total. The highest BCUT2D eigenvalue weighted by atomic mass is 16.6. The molecule has 0 aliphatic rings. The van der Waals surface area contributed by atoms with Gasteiger partial charge in [0.05, 0.1) is 0 Å². The quantitative estimate of drug-likeness (QED) is 0.0261. The number of hydrogen-bond acceptors (Lipinski definition) is 6. The third-order valence-corrected chi connectivity index (χ3v) is 12.0. The van der Waals surface area contributed by atoms with Gasteiger partial charge >= 0.3 is 17.9 Å². The second kappa shape index (κ2) is 58.4. The van der Waals surface area contributed by atoms with Crippen LogP contribution in [-0.4, -0.2) is 37.2 Å². The van der Waals surface area contributed by atoms with Gasteiger partial charge in [0.25, 0.3) is 0 Å². The Morgan fingerprint density at radius 1 is 0.296 bits per heavy atom. The average Bonchev–Trinajstić information content (AvgIpc) is 3.37. The third kappa shape index (κ3) is 56.6. The van der Waals surface area contributed by atoms with Crippen molar-refractivity contribution in [1.82, 2.24) is 0 Å². The summed E-state index contributed by atoms with van der Waals surface area (Å²) in [7, 11) is 0. The molecule has 0 fully saturated rings. The van der Waals surface area contributed by atoms with Crippen molar-refractivity contribution < 1.29 is 28.6 Å². The summed E-state index contributed by atoms with van der Waals surface area (Å²) in [4.78, 5) is 37.9. The first-order valence-electron chi connectivity index (χ1n) is 29.0. The summed E-state index contributed by atoms with van der Waals surface area (Å²) in [5.74, 6) is -0.942. The number of carbonyl (C=O) groups is 3. The molecule has 0 heterocycles. The second-order valence-corrected chi connectivity index (χ2v) is 18.8. The molecule has 0 amide bonds. The van der Waals surface area contributed by atoms with Gasteiger partial charge in [0, 0.05) is 19.3 Å². The smallest absolute Gasteiger partial charge is 0.306 e. The van der Waals surface area contributed by atoms with E-state index in [4.69, 9.17) is 14.2 Å². The molecule has 402 valence electrons. The van der Waals surface area contributed by atoms with E-state index in [2.05, 4.69) is 142 Å². The zero-order chi connectivity index (χ0) is 51.4. The van der Waals surface area contributed by atoms with Gasteiger partial charge in [-0.25, -0.2) is 0 Å². The largest absolute Gasteiger partial charge is 0.462 e. The van der Waals surface area contributed by atoms with Crippen LogP contribution in [-0.2, 0) is 28.6 Å². The number of rotatable bonds is 51. The Labute approximate surface area is 437 Å². The van der Waals surface area contributed by atoms with Gasteiger partial charge in [0.2, 0.25) is 0 Å². The van der Waals surface area contributed by atoms with Crippen molar-refractivity contribution in [2.24, 2.45) is 0 Å². The molecule has 0 rings (SSSR count). The molecule has 0 N–H and O–H groups in total. The van der Waals surface area contributed by atoms with Crippen LogP contribution >= 0.6 is 0 Å². The van der Waals surface area contributed by atoms with Gasteiger partial charge in [-0.05, 0) is 96.3 Å². The summed E-state index contributed by atoms with van der Waals surface area (Å²) in [5.41, 5.74) is 0. The van der Waals surface area contributed by atoms with Crippen molar-refractivity contribution in [3.05, 3.63) is 122 Å². The minimum Gasteiger partial charge on any atom is -0.462 e. The normalized spacial score (nSPS) is 13.0. The van der Waals surface area contributed by atoms with Gasteiger partial charge in [-0.2, -0.15) is 0 Å². The van der Waals surface area contributed by atoms with E-state index in [1.807, 2.05) is 0 Å². The number of unbranched alkanes of at least 4 members (excludes halogenated alkanes) is 20. The molecule has 0 saturated heterocycles. The van der Waals surface area contributed by atoms with Crippen molar-refractivity contribution in [2.75, 3.05) is 13.2 Å². The van der Waals surface area contributed by atoms with E-state index >= 15 is 0 Å². The maximum atomic E-state index is 12.8.